The van der Waals surface area contributed by atoms with Gasteiger partial charge in [0.05, 0.1) is 17.8 Å². The Bertz CT molecular complexity index is 1300. The Morgan fingerprint density at radius 2 is 2.17 bits per heavy atom. The molecule has 9 heteroatoms. The van der Waals surface area contributed by atoms with Crippen molar-refractivity contribution < 1.29 is 9.90 Å². The Labute approximate surface area is 165 Å². The molecule has 4 aromatic rings. The van der Waals surface area contributed by atoms with E-state index in [2.05, 4.69) is 9.97 Å². The highest BCUT2D eigenvalue weighted by molar-refractivity contribution is 6.01. The predicted molar refractivity (Wildman–Crippen MR) is 108 cm³/mol. The zero-order valence-electron chi connectivity index (χ0n) is 15.6. The van der Waals surface area contributed by atoms with Crippen LogP contribution in [0.1, 0.15) is 29.2 Å². The lowest BCUT2D eigenvalue weighted by atomic mass is 10.0. The van der Waals surface area contributed by atoms with Crippen LogP contribution >= 0.6 is 0 Å². The molecule has 1 aromatic carbocycles. The van der Waals surface area contributed by atoms with Gasteiger partial charge in [-0.25, -0.2) is 14.5 Å². The Morgan fingerprint density at radius 1 is 1.31 bits per heavy atom. The fraction of sp³-hybridized carbons (Fsp3) is 0.250. The van der Waals surface area contributed by atoms with Crippen molar-refractivity contribution in [3.8, 4) is 5.75 Å². The third kappa shape index (κ3) is 2.65. The summed E-state index contributed by atoms with van der Waals surface area (Å²) >= 11 is 0. The van der Waals surface area contributed by atoms with Crippen molar-refractivity contribution in [3.63, 3.8) is 0 Å². The molecular formula is C20H20N6O3. The molecule has 0 saturated carbocycles. The number of benzene rings is 1. The van der Waals surface area contributed by atoms with E-state index in [0.29, 0.717) is 29.8 Å². The van der Waals surface area contributed by atoms with Crippen molar-refractivity contribution in [1.82, 2.24) is 24.1 Å². The Hall–Kier alpha value is -3.75. The summed E-state index contributed by atoms with van der Waals surface area (Å²) in [6.07, 6.45) is 4.89. The number of hydrogen-bond acceptors (Lipinski definition) is 5. The number of carbonyl (C=O) groups is 1. The van der Waals surface area contributed by atoms with Crippen molar-refractivity contribution >= 4 is 28.0 Å². The van der Waals surface area contributed by atoms with Crippen LogP contribution in [0.15, 0.2) is 47.5 Å². The molecule has 0 unspecified atom stereocenters. The van der Waals surface area contributed by atoms with Gasteiger partial charge in [-0.05, 0) is 37.1 Å². The lowest BCUT2D eigenvalue weighted by molar-refractivity contribution is 0.0679. The molecule has 1 aliphatic rings. The number of aromatic hydroxyl groups is 1. The number of hydrogen-bond donors (Lipinski definition) is 3. The van der Waals surface area contributed by atoms with Gasteiger partial charge in [0.25, 0.3) is 5.91 Å². The van der Waals surface area contributed by atoms with Gasteiger partial charge in [0.2, 0.25) is 0 Å². The van der Waals surface area contributed by atoms with E-state index in [1.807, 2.05) is 6.07 Å². The number of nitrogen functional groups attached to an aromatic ring is 1. The number of fused-ring (bicyclic) bond motifs is 3. The quantitative estimate of drug-likeness (QED) is 0.447. The smallest absolute Gasteiger partial charge is 0.347 e. The maximum Gasteiger partial charge on any atom is 0.347 e. The summed E-state index contributed by atoms with van der Waals surface area (Å²) in [5, 5.41) is 10.5. The highest BCUT2D eigenvalue weighted by atomic mass is 16.3. The average Bonchev–Trinajstić information content (AvgIpc) is 3.31. The normalized spacial score (nSPS) is 17.2. The number of aromatic amines is 1. The molecule has 1 fully saturated rings. The largest absolute Gasteiger partial charge is 0.508 e. The lowest BCUT2D eigenvalue weighted by Crippen LogP contribution is -2.43. The number of carbonyl (C=O) groups excluding carboxylic acids is 1. The zero-order valence-corrected chi connectivity index (χ0v) is 15.6. The Balaban J connectivity index is 1.57. The molecule has 3 aromatic heterocycles. The summed E-state index contributed by atoms with van der Waals surface area (Å²) < 4.78 is 2.81. The Morgan fingerprint density at radius 3 is 3.00 bits per heavy atom. The van der Waals surface area contributed by atoms with E-state index in [0.717, 1.165) is 28.4 Å². The second-order valence-electron chi connectivity index (χ2n) is 7.35. The summed E-state index contributed by atoms with van der Waals surface area (Å²) in [5.41, 5.74) is 2.06. The van der Waals surface area contributed by atoms with E-state index in [-0.39, 0.29) is 23.4 Å². The fourth-order valence-electron chi connectivity index (χ4n) is 4.24. The third-order valence-electron chi connectivity index (χ3n) is 5.59. The molecular weight excluding hydrogens is 372 g/mol. The third-order valence-corrected chi connectivity index (χ3v) is 5.59. The van der Waals surface area contributed by atoms with Gasteiger partial charge in [-0.3, -0.25) is 9.36 Å². The molecule has 5 rings (SSSR count). The summed E-state index contributed by atoms with van der Waals surface area (Å²) in [5.74, 6) is 5.92. The monoisotopic (exact) mass is 392 g/mol. The summed E-state index contributed by atoms with van der Waals surface area (Å²) in [6.45, 7) is 0.990. The van der Waals surface area contributed by atoms with E-state index < -0.39 is 0 Å². The number of likely N-dealkylation sites (tertiary alicyclic amines) is 1. The number of piperidine rings is 1. The first-order chi connectivity index (χ1) is 14.0. The van der Waals surface area contributed by atoms with Gasteiger partial charge in [-0.2, -0.15) is 0 Å². The van der Waals surface area contributed by atoms with Crippen molar-refractivity contribution in [3.05, 3.63) is 58.8 Å². The first-order valence-electron chi connectivity index (χ1n) is 9.47. The van der Waals surface area contributed by atoms with Gasteiger partial charge >= 0.3 is 5.69 Å². The number of nitrogens with zero attached hydrogens (tertiary/aromatic N) is 4. The van der Waals surface area contributed by atoms with E-state index in [4.69, 9.17) is 5.84 Å². The summed E-state index contributed by atoms with van der Waals surface area (Å²) in [4.78, 5) is 35.0. The highest BCUT2D eigenvalue weighted by Gasteiger charge is 2.29. The molecule has 0 radical (unpaired) electrons. The minimum Gasteiger partial charge on any atom is -0.508 e. The number of imidazole rings is 1. The van der Waals surface area contributed by atoms with Crippen molar-refractivity contribution in [2.75, 3.05) is 18.9 Å². The van der Waals surface area contributed by atoms with Crippen LogP contribution in [0.5, 0.6) is 5.75 Å². The van der Waals surface area contributed by atoms with Gasteiger partial charge in [0, 0.05) is 30.2 Å². The Kier molecular flexibility index (Phi) is 3.83. The van der Waals surface area contributed by atoms with Crippen LogP contribution in [-0.2, 0) is 0 Å². The van der Waals surface area contributed by atoms with Crippen LogP contribution in [0.4, 0.5) is 0 Å². The molecule has 4 heterocycles. The van der Waals surface area contributed by atoms with Crippen LogP contribution in [0, 0.1) is 0 Å². The number of rotatable bonds is 2. The first kappa shape index (κ1) is 17.4. The van der Waals surface area contributed by atoms with Crippen molar-refractivity contribution in [1.29, 1.82) is 0 Å². The number of amides is 1. The first-order valence-corrected chi connectivity index (χ1v) is 9.47. The van der Waals surface area contributed by atoms with Gasteiger partial charge in [0.15, 0.2) is 0 Å². The maximum absolute atomic E-state index is 13.0. The standard InChI is InChI=1S/C20H20N6O3/c21-26-16-10-23-18-15(6-7-22-18)17(16)25(20(26)29)13-4-2-8-24(11-13)19(28)12-3-1-5-14(27)9-12/h1,3,5-7,9-10,13,27H,2,4,8,11,21H2,(H,22,23)/t13-/m1/s1. The van der Waals surface area contributed by atoms with Crippen LogP contribution in [-0.4, -0.2) is 48.2 Å². The summed E-state index contributed by atoms with van der Waals surface area (Å²) in [6, 6.07) is 7.98. The number of phenols is 1. The molecule has 4 N–H and O–H groups in total. The molecule has 0 aliphatic carbocycles. The second kappa shape index (κ2) is 6.40. The SMILES string of the molecule is Nn1c(=O)n([C@@H]2CCCN(C(=O)c3cccc(O)c3)C2)c2c3cc[nH]c3ncc21. The average molecular weight is 392 g/mol. The molecule has 1 amide bonds. The fourth-order valence-corrected chi connectivity index (χ4v) is 4.24. The maximum atomic E-state index is 13.0. The van der Waals surface area contributed by atoms with E-state index in [1.54, 1.807) is 34.0 Å². The topological polar surface area (TPSA) is 122 Å². The van der Waals surface area contributed by atoms with Gasteiger partial charge in [-0.15, -0.1) is 0 Å². The molecule has 0 bridgehead atoms. The van der Waals surface area contributed by atoms with Crippen molar-refractivity contribution in [2.24, 2.45) is 0 Å². The number of aromatic nitrogens is 4. The minimum absolute atomic E-state index is 0.0502. The molecule has 1 aliphatic heterocycles. The molecule has 29 heavy (non-hydrogen) atoms. The lowest BCUT2D eigenvalue weighted by Gasteiger charge is -2.33. The van der Waals surface area contributed by atoms with Gasteiger partial charge in [0.1, 0.15) is 16.9 Å². The predicted octanol–water partition coefficient (Wildman–Crippen LogP) is 1.58. The van der Waals surface area contributed by atoms with Crippen LogP contribution in [0.2, 0.25) is 0 Å². The van der Waals surface area contributed by atoms with Crippen LogP contribution < -0.4 is 11.5 Å². The number of nitrogens with one attached hydrogen (secondary N) is 1. The number of pyridine rings is 1. The molecule has 1 atom stereocenters. The zero-order chi connectivity index (χ0) is 20.1. The van der Waals surface area contributed by atoms with E-state index in [9.17, 15) is 14.7 Å². The number of phenolic OH excluding ortho intramolecular Hbond substituents is 1. The molecule has 0 spiro atoms. The van der Waals surface area contributed by atoms with Crippen molar-refractivity contribution in [2.45, 2.75) is 18.9 Å². The van der Waals surface area contributed by atoms with Crippen LogP contribution in [0.25, 0.3) is 22.1 Å². The molecule has 9 nitrogen and oxygen atoms in total. The molecule has 1 saturated heterocycles. The van der Waals surface area contributed by atoms with Crippen LogP contribution in [0.3, 0.4) is 0 Å². The second-order valence-corrected chi connectivity index (χ2v) is 7.35. The number of nitrogens with two attached hydrogens (primary N) is 1. The molecule has 148 valence electrons. The van der Waals surface area contributed by atoms with E-state index >= 15 is 0 Å². The van der Waals surface area contributed by atoms with E-state index in [1.165, 1.54) is 12.1 Å². The summed E-state index contributed by atoms with van der Waals surface area (Å²) in [7, 11) is 0. The minimum atomic E-state index is -0.327. The van der Waals surface area contributed by atoms with Gasteiger partial charge in [-0.1, -0.05) is 6.07 Å². The van der Waals surface area contributed by atoms with Gasteiger partial charge < -0.3 is 20.8 Å². The number of H-pyrrole nitrogens is 1. The highest BCUT2D eigenvalue weighted by Crippen LogP contribution is 2.29.